The number of carbonyl (C=O) groups excluding carboxylic acids is 1. The van der Waals surface area contributed by atoms with E-state index in [0.717, 1.165) is 0 Å². The van der Waals surface area contributed by atoms with Crippen molar-refractivity contribution in [2.24, 2.45) is 10.2 Å². The molecule has 18 heavy (non-hydrogen) atoms. The van der Waals surface area contributed by atoms with Gasteiger partial charge in [0.2, 0.25) is 0 Å². The van der Waals surface area contributed by atoms with Crippen LogP contribution in [0, 0.1) is 0 Å². The molecule has 0 bridgehead atoms. The number of furan rings is 2. The van der Waals surface area contributed by atoms with E-state index in [0.29, 0.717) is 11.5 Å². The van der Waals surface area contributed by atoms with Crippen molar-refractivity contribution in [3.63, 3.8) is 0 Å². The van der Waals surface area contributed by atoms with Gasteiger partial charge in [-0.15, -0.1) is 0 Å². The number of carbonyl (C=O) groups is 1. The molecule has 7 nitrogen and oxygen atoms in total. The summed E-state index contributed by atoms with van der Waals surface area (Å²) in [6, 6.07) is 6.28. The monoisotopic (exact) mass is 246 g/mol. The van der Waals surface area contributed by atoms with E-state index in [1.165, 1.54) is 25.0 Å². The summed E-state index contributed by atoms with van der Waals surface area (Å²) in [5.74, 6) is 1.07. The summed E-state index contributed by atoms with van der Waals surface area (Å²) in [5.41, 5.74) is 4.43. The second kappa shape index (κ2) is 6.04. The second-order valence-corrected chi connectivity index (χ2v) is 3.10. The first kappa shape index (κ1) is 11.6. The predicted octanol–water partition coefficient (Wildman–Crippen LogP) is 1.54. The Balaban J connectivity index is 1.72. The van der Waals surface area contributed by atoms with Crippen LogP contribution in [0.25, 0.3) is 0 Å². The average Bonchev–Trinajstić information content (AvgIpc) is 3.01. The molecule has 2 rings (SSSR count). The van der Waals surface area contributed by atoms with Gasteiger partial charge < -0.3 is 8.83 Å². The smallest absolute Gasteiger partial charge is 0.355 e. The van der Waals surface area contributed by atoms with Crippen LogP contribution in [0.15, 0.2) is 55.8 Å². The van der Waals surface area contributed by atoms with Gasteiger partial charge in [-0.2, -0.15) is 10.2 Å². The molecule has 2 aromatic rings. The highest BCUT2D eigenvalue weighted by molar-refractivity contribution is 5.81. The number of urea groups is 1. The minimum Gasteiger partial charge on any atom is -0.463 e. The Hall–Kier alpha value is -2.83. The van der Waals surface area contributed by atoms with Crippen LogP contribution in [0.4, 0.5) is 4.79 Å². The average molecular weight is 246 g/mol. The standard InChI is InChI=1S/C11H10N4O3/c16-11(14-12-7-9-3-1-5-17-9)15-13-8-10-4-2-6-18-10/h1-8H,(H2,14,15,16)/b12-7+,13-8+. The van der Waals surface area contributed by atoms with Crippen molar-refractivity contribution in [2.45, 2.75) is 0 Å². The first-order valence-corrected chi connectivity index (χ1v) is 5.04. The van der Waals surface area contributed by atoms with Crippen molar-refractivity contribution in [2.75, 3.05) is 0 Å². The molecule has 0 saturated heterocycles. The normalized spacial score (nSPS) is 11.1. The SMILES string of the molecule is O=C(N/N=C/c1ccco1)N/N=C/c1ccco1. The Morgan fingerprint density at radius 1 is 1.00 bits per heavy atom. The van der Waals surface area contributed by atoms with Gasteiger partial charge in [0.15, 0.2) is 0 Å². The molecule has 0 aliphatic rings. The largest absolute Gasteiger partial charge is 0.463 e. The van der Waals surface area contributed by atoms with Gasteiger partial charge in [-0.05, 0) is 24.3 Å². The summed E-state index contributed by atoms with van der Waals surface area (Å²) in [5, 5.41) is 7.30. The van der Waals surface area contributed by atoms with Crippen LogP contribution >= 0.6 is 0 Å². The van der Waals surface area contributed by atoms with Crippen molar-refractivity contribution < 1.29 is 13.6 Å². The van der Waals surface area contributed by atoms with Gasteiger partial charge in [-0.1, -0.05) is 0 Å². The maximum Gasteiger partial charge on any atom is 0.355 e. The topological polar surface area (TPSA) is 92.1 Å². The van der Waals surface area contributed by atoms with Crippen molar-refractivity contribution in [1.29, 1.82) is 0 Å². The number of rotatable bonds is 4. The van der Waals surface area contributed by atoms with Crippen LogP contribution in [0.3, 0.4) is 0 Å². The van der Waals surface area contributed by atoms with E-state index in [4.69, 9.17) is 8.83 Å². The molecule has 0 aromatic carbocycles. The zero-order valence-corrected chi connectivity index (χ0v) is 9.24. The lowest BCUT2D eigenvalue weighted by atomic mass is 10.5. The molecule has 2 N–H and O–H groups in total. The Morgan fingerprint density at radius 3 is 1.89 bits per heavy atom. The Kier molecular flexibility index (Phi) is 3.91. The van der Waals surface area contributed by atoms with E-state index in [2.05, 4.69) is 21.1 Å². The molecule has 2 amide bonds. The zero-order chi connectivity index (χ0) is 12.6. The lowest BCUT2D eigenvalue weighted by Gasteiger charge is -1.95. The number of nitrogens with zero attached hydrogens (tertiary/aromatic N) is 2. The molecule has 2 aromatic heterocycles. The molecule has 2 heterocycles. The van der Waals surface area contributed by atoms with Gasteiger partial charge in [0.05, 0.1) is 25.0 Å². The summed E-state index contributed by atoms with van der Waals surface area (Å²) in [6.07, 6.45) is 5.76. The molecule has 0 aliphatic heterocycles. The minimum atomic E-state index is -0.569. The van der Waals surface area contributed by atoms with Gasteiger partial charge in [0, 0.05) is 0 Å². The van der Waals surface area contributed by atoms with E-state index in [-0.39, 0.29) is 0 Å². The first-order valence-electron chi connectivity index (χ1n) is 5.04. The van der Waals surface area contributed by atoms with Gasteiger partial charge in [0.25, 0.3) is 0 Å². The molecule has 0 fully saturated rings. The Morgan fingerprint density at radius 2 is 1.50 bits per heavy atom. The van der Waals surface area contributed by atoms with Crippen LogP contribution in [0.5, 0.6) is 0 Å². The molecule has 0 atom stereocenters. The van der Waals surface area contributed by atoms with Crippen LogP contribution < -0.4 is 10.9 Å². The molecule has 7 heteroatoms. The van der Waals surface area contributed by atoms with Gasteiger partial charge in [-0.3, -0.25) is 0 Å². The highest BCUT2D eigenvalue weighted by atomic mass is 16.3. The summed E-state index contributed by atoms with van der Waals surface area (Å²) in [7, 11) is 0. The highest BCUT2D eigenvalue weighted by Crippen LogP contribution is 1.95. The van der Waals surface area contributed by atoms with Crippen molar-refractivity contribution in [3.8, 4) is 0 Å². The van der Waals surface area contributed by atoms with Crippen LogP contribution in [0.2, 0.25) is 0 Å². The summed E-state index contributed by atoms with van der Waals surface area (Å²) in [6.45, 7) is 0. The van der Waals surface area contributed by atoms with Crippen LogP contribution in [-0.4, -0.2) is 18.5 Å². The zero-order valence-electron chi connectivity index (χ0n) is 9.24. The first-order chi connectivity index (χ1) is 8.84. The number of hydrazone groups is 2. The lowest BCUT2D eigenvalue weighted by Crippen LogP contribution is -2.28. The van der Waals surface area contributed by atoms with E-state index < -0.39 is 6.03 Å². The predicted molar refractivity (Wildman–Crippen MR) is 64.3 cm³/mol. The molecule has 0 aliphatic carbocycles. The summed E-state index contributed by atoms with van der Waals surface area (Å²) < 4.78 is 9.96. The number of hydrogen-bond donors (Lipinski definition) is 2. The quantitative estimate of drug-likeness (QED) is 0.633. The Bertz CT molecular complexity index is 480. The number of nitrogens with one attached hydrogen (secondary N) is 2. The van der Waals surface area contributed by atoms with Crippen molar-refractivity contribution in [3.05, 3.63) is 48.3 Å². The van der Waals surface area contributed by atoms with E-state index in [1.807, 2.05) is 0 Å². The minimum absolute atomic E-state index is 0.536. The fraction of sp³-hybridized carbons (Fsp3) is 0. The molecule has 0 radical (unpaired) electrons. The number of hydrogen-bond acceptors (Lipinski definition) is 5. The molecular formula is C11H10N4O3. The Labute approximate surface area is 102 Å². The number of amides is 2. The summed E-state index contributed by atoms with van der Waals surface area (Å²) >= 11 is 0. The van der Waals surface area contributed by atoms with E-state index in [9.17, 15) is 4.79 Å². The molecular weight excluding hydrogens is 236 g/mol. The fourth-order valence-electron chi connectivity index (χ4n) is 1.06. The summed E-state index contributed by atoms with van der Waals surface area (Å²) in [4.78, 5) is 11.2. The third kappa shape index (κ3) is 3.63. The molecule has 0 spiro atoms. The fourth-order valence-corrected chi connectivity index (χ4v) is 1.06. The third-order valence-electron chi connectivity index (χ3n) is 1.80. The third-order valence-corrected chi connectivity index (χ3v) is 1.80. The van der Waals surface area contributed by atoms with Gasteiger partial charge >= 0.3 is 6.03 Å². The van der Waals surface area contributed by atoms with Crippen LogP contribution in [0.1, 0.15) is 11.5 Å². The highest BCUT2D eigenvalue weighted by Gasteiger charge is 1.95. The van der Waals surface area contributed by atoms with Crippen molar-refractivity contribution in [1.82, 2.24) is 10.9 Å². The van der Waals surface area contributed by atoms with Crippen molar-refractivity contribution >= 4 is 18.5 Å². The van der Waals surface area contributed by atoms with Gasteiger partial charge in [-0.25, -0.2) is 15.6 Å². The maximum atomic E-state index is 11.2. The van der Waals surface area contributed by atoms with E-state index >= 15 is 0 Å². The molecule has 0 unspecified atom stereocenters. The van der Waals surface area contributed by atoms with Gasteiger partial charge in [0.1, 0.15) is 11.5 Å². The molecule has 0 saturated carbocycles. The second-order valence-electron chi connectivity index (χ2n) is 3.10. The molecule has 92 valence electrons. The van der Waals surface area contributed by atoms with E-state index in [1.54, 1.807) is 24.3 Å². The lowest BCUT2D eigenvalue weighted by molar-refractivity contribution is 0.242. The maximum absolute atomic E-state index is 11.2. The van der Waals surface area contributed by atoms with Crippen LogP contribution in [-0.2, 0) is 0 Å².